The number of primary amides is 1. The first kappa shape index (κ1) is 8.00. The minimum absolute atomic E-state index is 0.201. The van der Waals surface area contributed by atoms with Gasteiger partial charge in [-0.05, 0) is 6.42 Å². The number of rotatable bonds is 1. The number of hydrogen-bond donors (Lipinski definition) is 3. The van der Waals surface area contributed by atoms with Gasteiger partial charge < -0.3 is 16.8 Å². The van der Waals surface area contributed by atoms with Gasteiger partial charge in [-0.25, -0.2) is 0 Å². The number of amides is 2. The fourth-order valence-electron chi connectivity index (χ4n) is 1.12. The molecule has 2 atom stereocenters. The summed E-state index contributed by atoms with van der Waals surface area (Å²) in [5.74, 6) is -0.721. The molecule has 0 saturated carbocycles. The van der Waals surface area contributed by atoms with Crippen molar-refractivity contribution >= 4 is 11.8 Å². The first-order chi connectivity index (χ1) is 5.09. The molecule has 5 heteroatoms. The number of carbonyl (C=O) groups excluding carboxylic acids is 2. The second-order valence-electron chi connectivity index (χ2n) is 2.72. The van der Waals surface area contributed by atoms with Crippen LogP contribution in [0.1, 0.15) is 12.8 Å². The number of nitrogens with two attached hydrogens (primary N) is 2. The van der Waals surface area contributed by atoms with Gasteiger partial charge in [0.25, 0.3) is 0 Å². The molecule has 0 aromatic heterocycles. The van der Waals surface area contributed by atoms with Crippen LogP contribution in [0, 0.1) is 0 Å². The van der Waals surface area contributed by atoms with Crippen LogP contribution >= 0.6 is 0 Å². The summed E-state index contributed by atoms with van der Waals surface area (Å²) in [4.78, 5) is 21.4. The van der Waals surface area contributed by atoms with Crippen molar-refractivity contribution in [2.24, 2.45) is 11.5 Å². The molecule has 2 unspecified atom stereocenters. The van der Waals surface area contributed by atoms with E-state index < -0.39 is 11.9 Å². The van der Waals surface area contributed by atoms with Crippen LogP contribution in [0.4, 0.5) is 0 Å². The summed E-state index contributed by atoms with van der Waals surface area (Å²) < 4.78 is 0. The highest BCUT2D eigenvalue weighted by Crippen LogP contribution is 2.06. The van der Waals surface area contributed by atoms with E-state index in [0.29, 0.717) is 6.42 Å². The van der Waals surface area contributed by atoms with Crippen molar-refractivity contribution < 1.29 is 9.59 Å². The predicted octanol–water partition coefficient (Wildman–Crippen LogP) is -1.92. The quantitative estimate of drug-likeness (QED) is 0.413. The summed E-state index contributed by atoms with van der Waals surface area (Å²) in [6.07, 6.45) is 0.727. The molecule has 1 aliphatic heterocycles. The van der Waals surface area contributed by atoms with E-state index in [0.717, 1.165) is 0 Å². The molecule has 11 heavy (non-hydrogen) atoms. The Morgan fingerprint density at radius 1 is 1.64 bits per heavy atom. The van der Waals surface area contributed by atoms with Gasteiger partial charge in [-0.1, -0.05) is 0 Å². The first-order valence-corrected chi connectivity index (χ1v) is 3.44. The Morgan fingerprint density at radius 3 is 2.73 bits per heavy atom. The molecule has 5 N–H and O–H groups in total. The van der Waals surface area contributed by atoms with Crippen LogP contribution in [0.25, 0.3) is 0 Å². The highest BCUT2D eigenvalue weighted by atomic mass is 16.2. The number of nitrogens with one attached hydrogen (secondary N) is 1. The molecule has 1 aliphatic rings. The Labute approximate surface area is 64.1 Å². The Morgan fingerprint density at radius 2 is 2.27 bits per heavy atom. The molecule has 0 radical (unpaired) electrons. The van der Waals surface area contributed by atoms with Crippen molar-refractivity contribution in [3.63, 3.8) is 0 Å². The fraction of sp³-hybridized carbons (Fsp3) is 0.667. The van der Waals surface area contributed by atoms with E-state index in [1.165, 1.54) is 0 Å². The van der Waals surface area contributed by atoms with Crippen LogP contribution in [-0.4, -0.2) is 23.9 Å². The molecular formula is C6H11N3O2. The maximum absolute atomic E-state index is 10.8. The lowest BCUT2D eigenvalue weighted by atomic mass is 9.99. The lowest BCUT2D eigenvalue weighted by molar-refractivity contribution is -0.129. The molecule has 1 heterocycles. The Bertz CT molecular complexity index is 192. The molecule has 1 saturated heterocycles. The maximum atomic E-state index is 10.8. The molecule has 1 rings (SSSR count). The van der Waals surface area contributed by atoms with Gasteiger partial charge in [-0.15, -0.1) is 0 Å². The van der Waals surface area contributed by atoms with Crippen molar-refractivity contribution in [2.75, 3.05) is 0 Å². The lowest BCUT2D eigenvalue weighted by Gasteiger charge is -2.24. The van der Waals surface area contributed by atoms with Crippen molar-refractivity contribution in [1.29, 1.82) is 0 Å². The second-order valence-corrected chi connectivity index (χ2v) is 2.72. The van der Waals surface area contributed by atoms with E-state index in [-0.39, 0.29) is 18.4 Å². The summed E-state index contributed by atoms with van der Waals surface area (Å²) in [6.45, 7) is 0. The fourth-order valence-corrected chi connectivity index (χ4v) is 1.12. The van der Waals surface area contributed by atoms with Crippen LogP contribution in [-0.2, 0) is 9.59 Å². The maximum Gasteiger partial charge on any atom is 0.240 e. The van der Waals surface area contributed by atoms with Gasteiger partial charge in [0, 0.05) is 12.5 Å². The predicted molar refractivity (Wildman–Crippen MR) is 38.3 cm³/mol. The third kappa shape index (κ3) is 1.91. The normalized spacial score (nSPS) is 31.2. The molecule has 2 amide bonds. The number of carbonyl (C=O) groups is 2. The molecule has 0 aromatic rings. The summed E-state index contributed by atoms with van der Waals surface area (Å²) in [7, 11) is 0. The molecule has 0 bridgehead atoms. The van der Waals surface area contributed by atoms with Gasteiger partial charge in [-0.3, -0.25) is 9.59 Å². The third-order valence-corrected chi connectivity index (χ3v) is 1.66. The van der Waals surface area contributed by atoms with Crippen LogP contribution in [0.5, 0.6) is 0 Å². The summed E-state index contributed by atoms with van der Waals surface area (Å²) in [6, 6.07) is -0.813. The zero-order valence-corrected chi connectivity index (χ0v) is 6.04. The summed E-state index contributed by atoms with van der Waals surface area (Å²) in [5, 5.41) is 2.45. The highest BCUT2D eigenvalue weighted by molar-refractivity contribution is 5.88. The zero-order chi connectivity index (χ0) is 8.43. The minimum atomic E-state index is -0.578. The van der Waals surface area contributed by atoms with Crippen molar-refractivity contribution in [3.8, 4) is 0 Å². The molecule has 62 valence electrons. The average Bonchev–Trinajstić information content (AvgIpc) is 1.85. The van der Waals surface area contributed by atoms with Crippen LogP contribution < -0.4 is 16.8 Å². The van der Waals surface area contributed by atoms with Crippen molar-refractivity contribution in [2.45, 2.75) is 24.9 Å². The zero-order valence-electron chi connectivity index (χ0n) is 6.04. The van der Waals surface area contributed by atoms with Crippen LogP contribution in [0.2, 0.25) is 0 Å². The summed E-state index contributed by atoms with van der Waals surface area (Å²) in [5.41, 5.74) is 10.5. The SMILES string of the molecule is NC(=O)C1CC(N)CC(=O)N1. The average molecular weight is 157 g/mol. The van der Waals surface area contributed by atoms with Gasteiger partial charge >= 0.3 is 0 Å². The van der Waals surface area contributed by atoms with E-state index in [2.05, 4.69) is 5.32 Å². The Kier molecular flexibility index (Phi) is 2.09. The lowest BCUT2D eigenvalue weighted by Crippen LogP contribution is -2.53. The van der Waals surface area contributed by atoms with E-state index >= 15 is 0 Å². The van der Waals surface area contributed by atoms with E-state index in [9.17, 15) is 9.59 Å². The minimum Gasteiger partial charge on any atom is -0.368 e. The first-order valence-electron chi connectivity index (χ1n) is 3.44. The third-order valence-electron chi connectivity index (χ3n) is 1.66. The molecule has 1 fully saturated rings. The van der Waals surface area contributed by atoms with Crippen LogP contribution in [0.15, 0.2) is 0 Å². The molecule has 0 spiro atoms. The smallest absolute Gasteiger partial charge is 0.240 e. The summed E-state index contributed by atoms with van der Waals surface area (Å²) >= 11 is 0. The topological polar surface area (TPSA) is 98.2 Å². The molecule has 0 aromatic carbocycles. The van der Waals surface area contributed by atoms with Gasteiger partial charge in [0.2, 0.25) is 11.8 Å². The highest BCUT2D eigenvalue weighted by Gasteiger charge is 2.27. The van der Waals surface area contributed by atoms with E-state index in [1.807, 2.05) is 0 Å². The Balaban J connectivity index is 2.56. The second kappa shape index (κ2) is 2.87. The largest absolute Gasteiger partial charge is 0.368 e. The van der Waals surface area contributed by atoms with Crippen molar-refractivity contribution in [1.82, 2.24) is 5.32 Å². The van der Waals surface area contributed by atoms with Gasteiger partial charge in [-0.2, -0.15) is 0 Å². The monoisotopic (exact) mass is 157 g/mol. The number of piperidine rings is 1. The van der Waals surface area contributed by atoms with E-state index in [1.54, 1.807) is 0 Å². The van der Waals surface area contributed by atoms with Gasteiger partial charge in [0.15, 0.2) is 0 Å². The van der Waals surface area contributed by atoms with E-state index in [4.69, 9.17) is 11.5 Å². The van der Waals surface area contributed by atoms with Gasteiger partial charge in [0.1, 0.15) is 6.04 Å². The molecule has 5 nitrogen and oxygen atoms in total. The Hall–Kier alpha value is -1.10. The van der Waals surface area contributed by atoms with Crippen LogP contribution in [0.3, 0.4) is 0 Å². The van der Waals surface area contributed by atoms with Crippen molar-refractivity contribution in [3.05, 3.63) is 0 Å². The van der Waals surface area contributed by atoms with Gasteiger partial charge in [0.05, 0.1) is 0 Å². The molecule has 0 aliphatic carbocycles. The number of hydrogen-bond acceptors (Lipinski definition) is 3. The standard InChI is InChI=1S/C6H11N3O2/c7-3-1-4(6(8)11)9-5(10)2-3/h3-4H,1-2,7H2,(H2,8,11)(H,9,10). The molecular weight excluding hydrogens is 146 g/mol.